The van der Waals surface area contributed by atoms with Crippen molar-refractivity contribution in [2.75, 3.05) is 32.7 Å². The minimum Gasteiger partial charge on any atom is -0.352 e. The van der Waals surface area contributed by atoms with E-state index in [9.17, 15) is 4.79 Å². The number of carbonyl (C=O) groups is 1. The zero-order chi connectivity index (χ0) is 16.6. The molecule has 1 aliphatic heterocycles. The van der Waals surface area contributed by atoms with Crippen LogP contribution in [-0.2, 0) is 11.3 Å². The molecule has 1 saturated heterocycles. The second-order valence-electron chi connectivity index (χ2n) is 7.24. The van der Waals surface area contributed by atoms with Crippen LogP contribution in [-0.4, -0.2) is 54.5 Å². The summed E-state index contributed by atoms with van der Waals surface area (Å²) in [7, 11) is 0. The maximum absolute atomic E-state index is 12.4. The highest BCUT2D eigenvalue weighted by molar-refractivity contribution is 7.09. The van der Waals surface area contributed by atoms with Crippen LogP contribution in [0.5, 0.6) is 0 Å². The first-order chi connectivity index (χ1) is 11.8. The zero-order valence-electron chi connectivity index (χ0n) is 14.7. The maximum atomic E-state index is 12.4. The van der Waals surface area contributed by atoms with Crippen LogP contribution in [0.2, 0.25) is 0 Å². The average molecular weight is 350 g/mol. The lowest BCUT2D eigenvalue weighted by atomic mass is 9.97. The number of rotatable bonds is 5. The van der Waals surface area contributed by atoms with E-state index in [0.29, 0.717) is 12.6 Å². The van der Waals surface area contributed by atoms with Crippen molar-refractivity contribution in [3.05, 3.63) is 22.4 Å². The van der Waals surface area contributed by atoms with Gasteiger partial charge in [-0.1, -0.05) is 38.2 Å². The summed E-state index contributed by atoms with van der Waals surface area (Å²) in [5.74, 6) is 0.229. The number of nitrogens with zero attached hydrogens (tertiary/aromatic N) is 2. The largest absolute Gasteiger partial charge is 0.352 e. The monoisotopic (exact) mass is 349 g/mol. The van der Waals surface area contributed by atoms with E-state index in [0.717, 1.165) is 32.7 Å². The summed E-state index contributed by atoms with van der Waals surface area (Å²) in [6.07, 6.45) is 8.91. The van der Waals surface area contributed by atoms with E-state index in [4.69, 9.17) is 0 Å². The molecule has 2 heterocycles. The molecule has 1 amide bonds. The summed E-state index contributed by atoms with van der Waals surface area (Å²) in [6.45, 7) is 5.76. The molecule has 0 radical (unpaired) electrons. The molecule has 1 aromatic heterocycles. The molecule has 0 atom stereocenters. The normalized spacial score (nSPS) is 22.0. The number of hydrogen-bond acceptors (Lipinski definition) is 4. The highest BCUT2D eigenvalue weighted by Gasteiger charge is 2.20. The lowest BCUT2D eigenvalue weighted by Gasteiger charge is -2.34. The van der Waals surface area contributed by atoms with Gasteiger partial charge in [-0.25, -0.2) is 0 Å². The van der Waals surface area contributed by atoms with Gasteiger partial charge >= 0.3 is 0 Å². The summed E-state index contributed by atoms with van der Waals surface area (Å²) in [5, 5.41) is 5.43. The zero-order valence-corrected chi connectivity index (χ0v) is 15.5. The van der Waals surface area contributed by atoms with Crippen molar-refractivity contribution in [2.24, 2.45) is 0 Å². The van der Waals surface area contributed by atoms with Crippen LogP contribution in [0.3, 0.4) is 0 Å². The van der Waals surface area contributed by atoms with Crippen LogP contribution in [0.25, 0.3) is 0 Å². The summed E-state index contributed by atoms with van der Waals surface area (Å²) >= 11 is 1.83. The first kappa shape index (κ1) is 17.9. The molecule has 1 aliphatic carbocycles. The van der Waals surface area contributed by atoms with E-state index >= 15 is 0 Å². The number of hydrogen-bond donors (Lipinski definition) is 1. The fourth-order valence-electron chi connectivity index (χ4n) is 3.81. The van der Waals surface area contributed by atoms with Gasteiger partial charge in [-0.15, -0.1) is 11.3 Å². The molecule has 0 aromatic carbocycles. The number of amides is 1. The summed E-state index contributed by atoms with van der Waals surface area (Å²) < 4.78 is 0. The Labute approximate surface area is 150 Å². The molecule has 0 bridgehead atoms. The van der Waals surface area contributed by atoms with Crippen molar-refractivity contribution in [1.82, 2.24) is 15.1 Å². The second kappa shape index (κ2) is 9.54. The van der Waals surface area contributed by atoms with Gasteiger partial charge in [-0.2, -0.15) is 0 Å². The van der Waals surface area contributed by atoms with Gasteiger partial charge in [0.1, 0.15) is 0 Å². The number of thiophene rings is 1. The summed E-state index contributed by atoms with van der Waals surface area (Å²) in [5.41, 5.74) is 0. The smallest absolute Gasteiger partial charge is 0.234 e. The van der Waals surface area contributed by atoms with Crippen LogP contribution in [0, 0.1) is 0 Å². The molecular weight excluding hydrogens is 318 g/mol. The van der Waals surface area contributed by atoms with Gasteiger partial charge in [0.15, 0.2) is 0 Å². The third kappa shape index (κ3) is 5.87. The first-order valence-electron chi connectivity index (χ1n) is 9.56. The summed E-state index contributed by atoms with van der Waals surface area (Å²) in [4.78, 5) is 18.6. The van der Waals surface area contributed by atoms with E-state index in [2.05, 4.69) is 32.6 Å². The minimum atomic E-state index is 0.229. The number of carbonyl (C=O) groups excluding carboxylic acids is 1. The third-order valence-electron chi connectivity index (χ3n) is 5.26. The van der Waals surface area contributed by atoms with E-state index in [-0.39, 0.29) is 5.91 Å². The Hall–Kier alpha value is -0.910. The SMILES string of the molecule is O=C(CN1CCN(Cc2cccs2)CC1)NC1CCCCCCC1. The Morgan fingerprint density at radius 2 is 1.71 bits per heavy atom. The molecule has 5 heteroatoms. The highest BCUT2D eigenvalue weighted by Crippen LogP contribution is 2.17. The predicted molar refractivity (Wildman–Crippen MR) is 100 cm³/mol. The molecule has 3 rings (SSSR count). The lowest BCUT2D eigenvalue weighted by molar-refractivity contribution is -0.123. The van der Waals surface area contributed by atoms with Gasteiger partial charge in [0.2, 0.25) is 5.91 Å². The first-order valence-corrected chi connectivity index (χ1v) is 10.4. The van der Waals surface area contributed by atoms with Crippen LogP contribution in [0.15, 0.2) is 17.5 Å². The number of nitrogens with one attached hydrogen (secondary N) is 1. The van der Waals surface area contributed by atoms with Gasteiger partial charge in [0, 0.05) is 43.6 Å². The fraction of sp³-hybridized carbons (Fsp3) is 0.737. The van der Waals surface area contributed by atoms with E-state index < -0.39 is 0 Å². The quantitative estimate of drug-likeness (QED) is 0.887. The van der Waals surface area contributed by atoms with Crippen LogP contribution >= 0.6 is 11.3 Å². The molecule has 2 fully saturated rings. The van der Waals surface area contributed by atoms with Crippen molar-refractivity contribution in [3.63, 3.8) is 0 Å². The van der Waals surface area contributed by atoms with Gasteiger partial charge < -0.3 is 5.32 Å². The van der Waals surface area contributed by atoms with Crippen molar-refractivity contribution < 1.29 is 4.79 Å². The van der Waals surface area contributed by atoms with Gasteiger partial charge in [0.25, 0.3) is 0 Å². The molecule has 0 unspecified atom stereocenters. The standard InChI is InChI=1S/C19H31N3OS/c23-19(20-17-7-4-2-1-3-5-8-17)16-22-12-10-21(11-13-22)15-18-9-6-14-24-18/h6,9,14,17H,1-5,7-8,10-13,15-16H2,(H,20,23). The third-order valence-corrected chi connectivity index (χ3v) is 6.12. The minimum absolute atomic E-state index is 0.229. The van der Waals surface area contributed by atoms with Crippen molar-refractivity contribution in [1.29, 1.82) is 0 Å². The van der Waals surface area contributed by atoms with Crippen molar-refractivity contribution in [2.45, 2.75) is 57.5 Å². The molecule has 1 aromatic rings. The van der Waals surface area contributed by atoms with Gasteiger partial charge in [-0.05, 0) is 24.3 Å². The fourth-order valence-corrected chi connectivity index (χ4v) is 4.55. The average Bonchev–Trinajstić information content (AvgIpc) is 3.05. The molecule has 4 nitrogen and oxygen atoms in total. The van der Waals surface area contributed by atoms with Crippen molar-refractivity contribution >= 4 is 17.2 Å². The van der Waals surface area contributed by atoms with Crippen LogP contribution < -0.4 is 5.32 Å². The molecule has 1 saturated carbocycles. The molecule has 1 N–H and O–H groups in total. The number of piperazine rings is 1. The lowest BCUT2D eigenvalue weighted by Crippen LogP contribution is -2.50. The molecule has 2 aliphatic rings. The second-order valence-corrected chi connectivity index (χ2v) is 8.27. The topological polar surface area (TPSA) is 35.6 Å². The Balaban J connectivity index is 1.35. The van der Waals surface area contributed by atoms with E-state index in [1.54, 1.807) is 0 Å². The molecular formula is C19H31N3OS. The highest BCUT2D eigenvalue weighted by atomic mass is 32.1. The van der Waals surface area contributed by atoms with Gasteiger partial charge in [-0.3, -0.25) is 14.6 Å². The van der Waals surface area contributed by atoms with Crippen molar-refractivity contribution in [3.8, 4) is 0 Å². The Morgan fingerprint density at radius 1 is 1.04 bits per heavy atom. The molecule has 24 heavy (non-hydrogen) atoms. The van der Waals surface area contributed by atoms with E-state index in [1.807, 2.05) is 11.3 Å². The molecule has 0 spiro atoms. The maximum Gasteiger partial charge on any atom is 0.234 e. The van der Waals surface area contributed by atoms with E-state index in [1.165, 1.54) is 49.8 Å². The van der Waals surface area contributed by atoms with Crippen LogP contribution in [0.1, 0.15) is 49.8 Å². The Morgan fingerprint density at radius 3 is 2.38 bits per heavy atom. The Bertz CT molecular complexity index is 475. The predicted octanol–water partition coefficient (Wildman–Crippen LogP) is 3.09. The summed E-state index contributed by atoms with van der Waals surface area (Å²) in [6, 6.07) is 4.74. The Kier molecular flexibility index (Phi) is 7.12. The van der Waals surface area contributed by atoms with Crippen LogP contribution in [0.4, 0.5) is 0 Å². The molecule has 134 valence electrons. The van der Waals surface area contributed by atoms with Gasteiger partial charge in [0.05, 0.1) is 6.54 Å².